The summed E-state index contributed by atoms with van der Waals surface area (Å²) in [7, 11) is 0. The fourth-order valence-electron chi connectivity index (χ4n) is 1.55. The molecule has 2 rings (SSSR count). The van der Waals surface area contributed by atoms with Crippen LogP contribution in [-0.4, -0.2) is 11.1 Å². The number of carboxylic acid groups (broad SMARTS) is 1. The van der Waals surface area contributed by atoms with Crippen LogP contribution in [0.2, 0.25) is 5.02 Å². The van der Waals surface area contributed by atoms with Crippen LogP contribution < -0.4 is 11.1 Å². The van der Waals surface area contributed by atoms with Gasteiger partial charge in [-0.05, 0) is 36.4 Å². The van der Waals surface area contributed by atoms with Crippen LogP contribution in [0.1, 0.15) is 10.4 Å². The molecule has 0 saturated heterocycles. The maximum atomic E-state index is 10.8. The number of carbonyl (C=O) groups is 1. The highest BCUT2D eigenvalue weighted by atomic mass is 79.9. The Bertz CT molecular complexity index is 647. The molecule has 0 heterocycles. The van der Waals surface area contributed by atoms with Crippen molar-refractivity contribution >= 4 is 50.6 Å². The highest BCUT2D eigenvalue weighted by Gasteiger charge is 2.08. The fraction of sp³-hybridized carbons (Fsp3) is 0. The molecule has 0 aromatic heterocycles. The molecule has 0 unspecified atom stereocenters. The molecule has 2 aromatic rings. The fourth-order valence-corrected chi connectivity index (χ4v) is 2.07. The van der Waals surface area contributed by atoms with E-state index in [4.69, 9.17) is 22.4 Å². The van der Waals surface area contributed by atoms with Crippen LogP contribution in [0.25, 0.3) is 0 Å². The summed E-state index contributed by atoms with van der Waals surface area (Å²) in [5.74, 6) is -1.02. The summed E-state index contributed by atoms with van der Waals surface area (Å²) in [5.41, 5.74) is 7.59. The van der Waals surface area contributed by atoms with Crippen molar-refractivity contribution < 1.29 is 9.90 Å². The van der Waals surface area contributed by atoms with Gasteiger partial charge in [0.2, 0.25) is 0 Å². The summed E-state index contributed by atoms with van der Waals surface area (Å²) >= 11 is 9.41. The number of benzene rings is 2. The maximum absolute atomic E-state index is 10.8. The third-order valence-corrected chi connectivity index (χ3v) is 3.32. The van der Waals surface area contributed by atoms with Gasteiger partial charge in [-0.3, -0.25) is 0 Å². The van der Waals surface area contributed by atoms with Crippen molar-refractivity contribution in [3.8, 4) is 0 Å². The van der Waals surface area contributed by atoms with Crippen LogP contribution in [0.15, 0.2) is 40.9 Å². The molecule has 0 fully saturated rings. The minimum atomic E-state index is -1.02. The molecule has 6 heteroatoms. The van der Waals surface area contributed by atoms with Gasteiger partial charge >= 0.3 is 5.97 Å². The summed E-state index contributed by atoms with van der Waals surface area (Å²) in [6, 6.07) is 9.87. The van der Waals surface area contributed by atoms with Crippen LogP contribution >= 0.6 is 27.5 Å². The Kier molecular flexibility index (Phi) is 3.97. The zero-order valence-corrected chi connectivity index (χ0v) is 12.0. The van der Waals surface area contributed by atoms with Crippen LogP contribution in [0.3, 0.4) is 0 Å². The van der Waals surface area contributed by atoms with Crippen LogP contribution in [0.4, 0.5) is 17.1 Å². The summed E-state index contributed by atoms with van der Waals surface area (Å²) < 4.78 is 0.875. The number of nitrogen functional groups attached to an aromatic ring is 1. The van der Waals surface area contributed by atoms with Crippen molar-refractivity contribution in [1.29, 1.82) is 0 Å². The molecule has 0 aliphatic heterocycles. The quantitative estimate of drug-likeness (QED) is 0.734. The molecule has 0 atom stereocenters. The number of nitrogens with two attached hydrogens (primary N) is 1. The normalized spacial score (nSPS) is 10.2. The zero-order valence-electron chi connectivity index (χ0n) is 9.65. The lowest BCUT2D eigenvalue weighted by Crippen LogP contribution is -2.01. The molecule has 4 N–H and O–H groups in total. The lowest BCUT2D eigenvalue weighted by molar-refractivity contribution is 0.0697. The van der Waals surface area contributed by atoms with Gasteiger partial charge in [0.05, 0.1) is 27.6 Å². The van der Waals surface area contributed by atoms with Crippen molar-refractivity contribution in [2.24, 2.45) is 0 Å². The van der Waals surface area contributed by atoms with Crippen molar-refractivity contribution in [3.63, 3.8) is 0 Å². The van der Waals surface area contributed by atoms with Crippen molar-refractivity contribution in [2.75, 3.05) is 11.1 Å². The SMILES string of the molecule is Nc1cc(C(=O)O)ccc1Nc1cc(Br)ccc1Cl. The summed E-state index contributed by atoms with van der Waals surface area (Å²) in [6.07, 6.45) is 0. The van der Waals surface area contributed by atoms with Gasteiger partial charge in [-0.25, -0.2) is 4.79 Å². The van der Waals surface area contributed by atoms with Gasteiger partial charge in [0.25, 0.3) is 0 Å². The number of hydrogen-bond acceptors (Lipinski definition) is 3. The number of halogens is 2. The second-order valence-electron chi connectivity index (χ2n) is 3.86. The first kappa shape index (κ1) is 13.7. The second kappa shape index (κ2) is 5.50. The van der Waals surface area contributed by atoms with Gasteiger partial charge < -0.3 is 16.2 Å². The molecule has 0 bridgehead atoms. The molecule has 4 nitrogen and oxygen atoms in total. The molecular formula is C13H10BrClN2O2. The van der Waals surface area contributed by atoms with Crippen molar-refractivity contribution in [2.45, 2.75) is 0 Å². The van der Waals surface area contributed by atoms with E-state index in [0.717, 1.165) is 4.47 Å². The highest BCUT2D eigenvalue weighted by molar-refractivity contribution is 9.10. The van der Waals surface area contributed by atoms with E-state index in [9.17, 15) is 4.79 Å². The molecule has 19 heavy (non-hydrogen) atoms. The average Bonchev–Trinajstić information content (AvgIpc) is 2.36. The number of rotatable bonds is 3. The van der Waals surface area contributed by atoms with Crippen LogP contribution in [0.5, 0.6) is 0 Å². The van der Waals surface area contributed by atoms with Gasteiger partial charge in [-0.15, -0.1) is 0 Å². The van der Waals surface area contributed by atoms with Gasteiger partial charge in [-0.2, -0.15) is 0 Å². The van der Waals surface area contributed by atoms with Crippen molar-refractivity contribution in [3.05, 3.63) is 51.5 Å². The number of carboxylic acids is 1. The average molecular weight is 342 g/mol. The monoisotopic (exact) mass is 340 g/mol. The van der Waals surface area contributed by atoms with E-state index in [1.165, 1.54) is 12.1 Å². The van der Waals surface area contributed by atoms with E-state index in [-0.39, 0.29) is 5.56 Å². The van der Waals surface area contributed by atoms with Gasteiger partial charge in [0.15, 0.2) is 0 Å². The first-order chi connectivity index (χ1) is 8.97. The molecule has 98 valence electrons. The van der Waals surface area contributed by atoms with Crippen molar-refractivity contribution in [1.82, 2.24) is 0 Å². The van der Waals surface area contributed by atoms with E-state index in [1.54, 1.807) is 12.1 Å². The lowest BCUT2D eigenvalue weighted by atomic mass is 10.1. The zero-order chi connectivity index (χ0) is 14.0. The van der Waals surface area contributed by atoms with E-state index in [0.29, 0.717) is 22.1 Å². The molecule has 0 aliphatic rings. The van der Waals surface area contributed by atoms with Crippen LogP contribution in [-0.2, 0) is 0 Å². The van der Waals surface area contributed by atoms with Gasteiger partial charge in [0.1, 0.15) is 0 Å². The standard InChI is InChI=1S/C13H10BrClN2O2/c14-8-2-3-9(15)12(6-8)17-11-4-1-7(13(18)19)5-10(11)16/h1-6,17H,16H2,(H,18,19). The molecule has 2 aromatic carbocycles. The summed E-state index contributed by atoms with van der Waals surface area (Å²) in [6.45, 7) is 0. The Morgan fingerprint density at radius 2 is 1.95 bits per heavy atom. The summed E-state index contributed by atoms with van der Waals surface area (Å²) in [5, 5.41) is 12.5. The maximum Gasteiger partial charge on any atom is 0.335 e. The first-order valence-corrected chi connectivity index (χ1v) is 6.49. The topological polar surface area (TPSA) is 75.4 Å². The smallest absolute Gasteiger partial charge is 0.335 e. The highest BCUT2D eigenvalue weighted by Crippen LogP contribution is 2.31. The minimum Gasteiger partial charge on any atom is -0.478 e. The number of nitrogens with one attached hydrogen (secondary N) is 1. The predicted octanol–water partition coefficient (Wildman–Crippen LogP) is 4.13. The van der Waals surface area contributed by atoms with Crippen LogP contribution in [0, 0.1) is 0 Å². The third kappa shape index (κ3) is 3.19. The molecule has 0 radical (unpaired) electrons. The third-order valence-electron chi connectivity index (χ3n) is 2.50. The predicted molar refractivity (Wildman–Crippen MR) is 80.2 cm³/mol. The summed E-state index contributed by atoms with van der Waals surface area (Å²) in [4.78, 5) is 10.8. The minimum absolute atomic E-state index is 0.142. The number of anilines is 3. The largest absolute Gasteiger partial charge is 0.478 e. The second-order valence-corrected chi connectivity index (χ2v) is 5.18. The molecule has 0 aliphatic carbocycles. The number of aromatic carboxylic acids is 1. The molecule has 0 amide bonds. The Morgan fingerprint density at radius 1 is 1.21 bits per heavy atom. The Hall–Kier alpha value is -1.72. The Morgan fingerprint density at radius 3 is 2.58 bits per heavy atom. The Balaban J connectivity index is 2.33. The van der Waals surface area contributed by atoms with E-state index >= 15 is 0 Å². The van der Waals surface area contributed by atoms with E-state index < -0.39 is 5.97 Å². The molecule has 0 saturated carbocycles. The van der Waals surface area contributed by atoms with E-state index in [1.807, 2.05) is 12.1 Å². The molecular weight excluding hydrogens is 332 g/mol. The number of hydrogen-bond donors (Lipinski definition) is 3. The Labute approximate surface area is 123 Å². The first-order valence-electron chi connectivity index (χ1n) is 5.32. The van der Waals surface area contributed by atoms with Gasteiger partial charge in [0, 0.05) is 4.47 Å². The molecule has 0 spiro atoms. The van der Waals surface area contributed by atoms with Gasteiger partial charge in [-0.1, -0.05) is 27.5 Å². The van der Waals surface area contributed by atoms with E-state index in [2.05, 4.69) is 21.2 Å². The lowest BCUT2D eigenvalue weighted by Gasteiger charge is -2.11.